The molecule has 0 aliphatic carbocycles. The molecular weight excluding hydrogens is 308 g/mol. The van der Waals surface area contributed by atoms with Crippen LogP contribution in [0.25, 0.3) is 5.69 Å². The maximum absolute atomic E-state index is 13.0. The van der Waals surface area contributed by atoms with Crippen molar-refractivity contribution in [1.29, 1.82) is 0 Å². The van der Waals surface area contributed by atoms with Crippen molar-refractivity contribution in [2.75, 3.05) is 6.54 Å². The van der Waals surface area contributed by atoms with Gasteiger partial charge >= 0.3 is 5.97 Å². The lowest BCUT2D eigenvalue weighted by Gasteiger charge is -2.31. The van der Waals surface area contributed by atoms with Crippen molar-refractivity contribution in [1.82, 2.24) is 19.2 Å². The zero-order valence-corrected chi connectivity index (χ0v) is 14.4. The van der Waals surface area contributed by atoms with Crippen LogP contribution in [0.4, 0.5) is 0 Å². The Bertz CT molecular complexity index is 820. The van der Waals surface area contributed by atoms with Crippen molar-refractivity contribution < 1.29 is 14.7 Å². The fourth-order valence-electron chi connectivity index (χ4n) is 3.56. The number of amides is 1. The topological polar surface area (TPSA) is 80.4 Å². The smallest absolute Gasteiger partial charge is 0.329 e. The van der Waals surface area contributed by atoms with E-state index in [1.54, 1.807) is 17.8 Å². The van der Waals surface area contributed by atoms with E-state index >= 15 is 0 Å². The van der Waals surface area contributed by atoms with Crippen LogP contribution in [0.15, 0.2) is 18.5 Å². The van der Waals surface area contributed by atoms with E-state index in [4.69, 9.17) is 0 Å². The van der Waals surface area contributed by atoms with Gasteiger partial charge in [-0.2, -0.15) is 5.10 Å². The van der Waals surface area contributed by atoms with E-state index in [2.05, 4.69) is 5.10 Å². The molecule has 2 aromatic heterocycles. The molecule has 1 fully saturated rings. The molecule has 0 unspecified atom stereocenters. The molecule has 1 saturated heterocycles. The number of carbonyl (C=O) groups excluding carboxylic acids is 1. The van der Waals surface area contributed by atoms with Crippen LogP contribution in [0.5, 0.6) is 0 Å². The summed E-state index contributed by atoms with van der Waals surface area (Å²) in [6.07, 6.45) is 4.81. The lowest BCUT2D eigenvalue weighted by atomic mass is 9.98. The normalized spacial score (nSPS) is 20.6. The first-order valence-corrected chi connectivity index (χ1v) is 7.99. The van der Waals surface area contributed by atoms with Gasteiger partial charge in [-0.3, -0.25) is 9.48 Å². The van der Waals surface area contributed by atoms with Gasteiger partial charge in [0.15, 0.2) is 0 Å². The van der Waals surface area contributed by atoms with Gasteiger partial charge in [-0.05, 0) is 39.7 Å². The number of aromatic nitrogens is 3. The summed E-state index contributed by atoms with van der Waals surface area (Å²) in [6, 6.07) is 1.82. The quantitative estimate of drug-likeness (QED) is 0.932. The minimum atomic E-state index is -1.13. The molecule has 7 heteroatoms. The Labute approximate surface area is 140 Å². The number of likely N-dealkylation sites (tertiary alicyclic amines) is 1. The van der Waals surface area contributed by atoms with Crippen LogP contribution in [0.1, 0.15) is 41.5 Å². The van der Waals surface area contributed by atoms with Crippen molar-refractivity contribution in [2.24, 2.45) is 7.05 Å². The van der Waals surface area contributed by atoms with E-state index in [0.29, 0.717) is 24.9 Å². The molecule has 128 valence electrons. The third-order valence-corrected chi connectivity index (χ3v) is 4.96. The molecular formula is C17H22N4O3. The Kier molecular flexibility index (Phi) is 3.74. The Morgan fingerprint density at radius 2 is 2.04 bits per heavy atom. The molecule has 0 radical (unpaired) electrons. The average Bonchev–Trinajstić information content (AvgIpc) is 3.18. The second-order valence-electron chi connectivity index (χ2n) is 6.63. The second-order valence-corrected chi connectivity index (χ2v) is 6.63. The zero-order valence-electron chi connectivity index (χ0n) is 14.4. The van der Waals surface area contributed by atoms with E-state index in [9.17, 15) is 14.7 Å². The zero-order chi connectivity index (χ0) is 17.6. The Hall–Kier alpha value is -2.57. The average molecular weight is 330 g/mol. The Morgan fingerprint density at radius 1 is 1.33 bits per heavy atom. The third kappa shape index (κ3) is 2.31. The number of aryl methyl sites for hydroxylation is 2. The summed E-state index contributed by atoms with van der Waals surface area (Å²) < 4.78 is 3.67. The summed E-state index contributed by atoms with van der Waals surface area (Å²) in [5, 5.41) is 13.7. The van der Waals surface area contributed by atoms with Crippen LogP contribution in [0.3, 0.4) is 0 Å². The van der Waals surface area contributed by atoms with Gasteiger partial charge in [0.1, 0.15) is 5.54 Å². The predicted molar refractivity (Wildman–Crippen MR) is 88.3 cm³/mol. The van der Waals surface area contributed by atoms with Gasteiger partial charge in [-0.1, -0.05) is 0 Å². The van der Waals surface area contributed by atoms with E-state index in [0.717, 1.165) is 17.1 Å². The second kappa shape index (κ2) is 5.51. The fraction of sp³-hybridized carbons (Fsp3) is 0.471. The first-order chi connectivity index (χ1) is 11.3. The maximum atomic E-state index is 13.0. The van der Waals surface area contributed by atoms with Gasteiger partial charge in [0, 0.05) is 31.2 Å². The summed E-state index contributed by atoms with van der Waals surface area (Å²) in [7, 11) is 1.84. The minimum absolute atomic E-state index is 0.222. The summed E-state index contributed by atoms with van der Waals surface area (Å²) in [6.45, 7) is 5.90. The lowest BCUT2D eigenvalue weighted by molar-refractivity contribution is -0.147. The Balaban J connectivity index is 2.02. The molecule has 0 spiro atoms. The summed E-state index contributed by atoms with van der Waals surface area (Å²) in [4.78, 5) is 26.1. The third-order valence-electron chi connectivity index (χ3n) is 4.96. The van der Waals surface area contributed by atoms with Crippen LogP contribution >= 0.6 is 0 Å². The number of hydrogen-bond acceptors (Lipinski definition) is 3. The van der Waals surface area contributed by atoms with E-state index < -0.39 is 11.5 Å². The van der Waals surface area contributed by atoms with Crippen molar-refractivity contribution in [3.05, 3.63) is 35.4 Å². The highest BCUT2D eigenvalue weighted by atomic mass is 16.4. The fourth-order valence-corrected chi connectivity index (χ4v) is 3.56. The molecule has 1 amide bonds. The summed E-state index contributed by atoms with van der Waals surface area (Å²) in [5.74, 6) is -1.17. The van der Waals surface area contributed by atoms with Gasteiger partial charge in [0.25, 0.3) is 5.91 Å². The van der Waals surface area contributed by atoms with Gasteiger partial charge in [-0.25, -0.2) is 4.79 Å². The van der Waals surface area contributed by atoms with Crippen molar-refractivity contribution >= 4 is 11.9 Å². The van der Waals surface area contributed by atoms with Gasteiger partial charge in [-0.15, -0.1) is 0 Å². The number of carbonyl (C=O) groups is 2. The highest BCUT2D eigenvalue weighted by Crippen LogP contribution is 2.32. The molecule has 0 aromatic carbocycles. The van der Waals surface area contributed by atoms with Crippen LogP contribution in [0.2, 0.25) is 0 Å². The summed E-state index contributed by atoms with van der Waals surface area (Å²) in [5.41, 5.74) is 2.01. The molecule has 1 aliphatic heterocycles. The van der Waals surface area contributed by atoms with Crippen molar-refractivity contribution in [3.8, 4) is 5.69 Å². The molecule has 0 bridgehead atoms. The number of carboxylic acids is 1. The van der Waals surface area contributed by atoms with Gasteiger partial charge in [0.2, 0.25) is 0 Å². The van der Waals surface area contributed by atoms with Gasteiger partial charge in [0.05, 0.1) is 17.4 Å². The van der Waals surface area contributed by atoms with Crippen molar-refractivity contribution in [2.45, 2.75) is 39.2 Å². The van der Waals surface area contributed by atoms with E-state index in [1.165, 1.54) is 4.90 Å². The van der Waals surface area contributed by atoms with Crippen LogP contribution in [-0.4, -0.2) is 48.3 Å². The number of carboxylic acid groups (broad SMARTS) is 1. The lowest BCUT2D eigenvalue weighted by Crippen LogP contribution is -2.50. The van der Waals surface area contributed by atoms with Gasteiger partial charge < -0.3 is 14.6 Å². The molecule has 3 rings (SSSR count). The first kappa shape index (κ1) is 16.3. The molecule has 24 heavy (non-hydrogen) atoms. The molecule has 0 saturated carbocycles. The maximum Gasteiger partial charge on any atom is 0.329 e. The molecule has 1 atom stereocenters. The molecule has 3 heterocycles. The largest absolute Gasteiger partial charge is 0.480 e. The molecule has 1 aliphatic rings. The number of aliphatic carboxylic acids is 1. The highest BCUT2D eigenvalue weighted by Gasteiger charge is 2.46. The molecule has 7 nitrogen and oxygen atoms in total. The molecule has 1 N–H and O–H groups in total. The first-order valence-electron chi connectivity index (χ1n) is 7.99. The number of rotatable bonds is 3. The SMILES string of the molecule is Cc1cc(C(=O)N2CCC[C@@]2(C)C(=O)O)c(C)n1-c1cnn(C)c1. The predicted octanol–water partition coefficient (Wildman–Crippen LogP) is 1.91. The monoisotopic (exact) mass is 330 g/mol. The number of hydrogen-bond donors (Lipinski definition) is 1. The Morgan fingerprint density at radius 3 is 2.62 bits per heavy atom. The molecule has 2 aromatic rings. The van der Waals surface area contributed by atoms with Crippen LogP contribution < -0.4 is 0 Å². The number of nitrogens with zero attached hydrogens (tertiary/aromatic N) is 4. The van der Waals surface area contributed by atoms with E-state index in [1.807, 2.05) is 37.7 Å². The van der Waals surface area contributed by atoms with Crippen LogP contribution in [0, 0.1) is 13.8 Å². The van der Waals surface area contributed by atoms with Crippen molar-refractivity contribution in [3.63, 3.8) is 0 Å². The standard InChI is InChI=1S/C17H22N4O3/c1-11-8-14(12(2)21(11)13-9-18-19(4)10-13)15(22)20-7-5-6-17(20,3)16(23)24/h8-10H,5-7H2,1-4H3,(H,23,24)/t17-/m0/s1. The van der Waals surface area contributed by atoms with E-state index in [-0.39, 0.29) is 5.91 Å². The summed E-state index contributed by atoms with van der Waals surface area (Å²) >= 11 is 0. The van der Waals surface area contributed by atoms with Crippen LogP contribution in [-0.2, 0) is 11.8 Å². The highest BCUT2D eigenvalue weighted by molar-refractivity contribution is 5.99. The minimum Gasteiger partial charge on any atom is -0.480 e.